The summed E-state index contributed by atoms with van der Waals surface area (Å²) in [6.45, 7) is 0. The third kappa shape index (κ3) is 2.33. The number of benzene rings is 1. The van der Waals surface area contributed by atoms with Crippen LogP contribution in [0.2, 0.25) is 0 Å². The number of aromatic nitrogens is 2. The molecule has 0 bridgehead atoms. The molecule has 19 heavy (non-hydrogen) atoms. The highest BCUT2D eigenvalue weighted by Gasteiger charge is 2.34. The van der Waals surface area contributed by atoms with Gasteiger partial charge < -0.3 is 10.4 Å². The van der Waals surface area contributed by atoms with Crippen molar-refractivity contribution in [1.82, 2.24) is 9.97 Å². The lowest BCUT2D eigenvalue weighted by Crippen LogP contribution is -2.39. The number of halogens is 1. The number of rotatable bonds is 3. The lowest BCUT2D eigenvalue weighted by atomic mass is 9.80. The van der Waals surface area contributed by atoms with Crippen LogP contribution in [-0.4, -0.2) is 27.1 Å². The highest BCUT2D eigenvalue weighted by molar-refractivity contribution is 5.78. The van der Waals surface area contributed by atoms with Gasteiger partial charge in [-0.15, -0.1) is 0 Å². The first-order valence-corrected chi connectivity index (χ1v) is 6.03. The SMILES string of the molecule is O=C(O)C1CC(Nc2ncc3ccc(F)cc3n2)C1. The Morgan fingerprint density at radius 1 is 1.42 bits per heavy atom. The number of carboxylic acids is 1. The first-order valence-electron chi connectivity index (χ1n) is 6.03. The zero-order chi connectivity index (χ0) is 13.4. The van der Waals surface area contributed by atoms with Crippen LogP contribution in [0.4, 0.5) is 10.3 Å². The number of aliphatic carboxylic acids is 1. The smallest absolute Gasteiger partial charge is 0.306 e. The summed E-state index contributed by atoms with van der Waals surface area (Å²) >= 11 is 0. The van der Waals surface area contributed by atoms with Crippen molar-refractivity contribution < 1.29 is 14.3 Å². The van der Waals surface area contributed by atoms with E-state index in [0.29, 0.717) is 24.3 Å². The summed E-state index contributed by atoms with van der Waals surface area (Å²) in [6, 6.07) is 4.41. The maximum absolute atomic E-state index is 13.1. The average Bonchev–Trinajstić information content (AvgIpc) is 2.32. The monoisotopic (exact) mass is 261 g/mol. The van der Waals surface area contributed by atoms with Crippen molar-refractivity contribution in [3.8, 4) is 0 Å². The van der Waals surface area contributed by atoms with Crippen molar-refractivity contribution in [3.05, 3.63) is 30.2 Å². The van der Waals surface area contributed by atoms with E-state index in [1.165, 1.54) is 12.1 Å². The molecule has 1 fully saturated rings. The van der Waals surface area contributed by atoms with E-state index >= 15 is 0 Å². The molecule has 0 unspecified atom stereocenters. The maximum Gasteiger partial charge on any atom is 0.306 e. The lowest BCUT2D eigenvalue weighted by molar-refractivity contribution is -0.144. The highest BCUT2D eigenvalue weighted by atomic mass is 19.1. The number of fused-ring (bicyclic) bond motifs is 1. The fourth-order valence-electron chi connectivity index (χ4n) is 2.19. The van der Waals surface area contributed by atoms with Gasteiger partial charge in [-0.3, -0.25) is 4.79 Å². The van der Waals surface area contributed by atoms with Crippen LogP contribution in [0.15, 0.2) is 24.4 Å². The first kappa shape index (κ1) is 11.8. The van der Waals surface area contributed by atoms with E-state index in [1.54, 1.807) is 12.3 Å². The number of carboxylic acid groups (broad SMARTS) is 1. The van der Waals surface area contributed by atoms with Gasteiger partial charge in [-0.25, -0.2) is 14.4 Å². The van der Waals surface area contributed by atoms with E-state index in [9.17, 15) is 9.18 Å². The first-order chi connectivity index (χ1) is 9.11. The Morgan fingerprint density at radius 2 is 2.21 bits per heavy atom. The van der Waals surface area contributed by atoms with Gasteiger partial charge in [0.1, 0.15) is 5.82 Å². The molecule has 1 aromatic heterocycles. The third-order valence-electron chi connectivity index (χ3n) is 3.37. The molecule has 0 spiro atoms. The maximum atomic E-state index is 13.1. The van der Waals surface area contributed by atoms with Crippen LogP contribution < -0.4 is 5.32 Å². The fourth-order valence-corrected chi connectivity index (χ4v) is 2.19. The third-order valence-corrected chi connectivity index (χ3v) is 3.37. The Bertz CT molecular complexity index is 641. The summed E-state index contributed by atoms with van der Waals surface area (Å²) in [5.74, 6) is -0.978. The van der Waals surface area contributed by atoms with Gasteiger partial charge in [0, 0.05) is 23.7 Å². The van der Waals surface area contributed by atoms with Gasteiger partial charge in [0.05, 0.1) is 11.4 Å². The van der Waals surface area contributed by atoms with Crippen molar-refractivity contribution in [2.45, 2.75) is 18.9 Å². The second kappa shape index (κ2) is 4.46. The number of hydrogen-bond donors (Lipinski definition) is 2. The summed E-state index contributed by atoms with van der Waals surface area (Å²) in [6.07, 6.45) is 2.76. The number of carbonyl (C=O) groups is 1. The second-order valence-corrected chi connectivity index (χ2v) is 4.74. The molecule has 2 aromatic rings. The van der Waals surface area contributed by atoms with E-state index in [1.807, 2.05) is 0 Å². The number of anilines is 1. The Balaban J connectivity index is 1.74. The molecule has 1 saturated carbocycles. The van der Waals surface area contributed by atoms with Crippen LogP contribution in [0.25, 0.3) is 10.9 Å². The van der Waals surface area contributed by atoms with Crippen molar-refractivity contribution >= 4 is 22.8 Å². The lowest BCUT2D eigenvalue weighted by Gasteiger charge is -2.32. The van der Waals surface area contributed by atoms with Gasteiger partial charge in [0.2, 0.25) is 5.95 Å². The molecule has 3 rings (SSSR count). The van der Waals surface area contributed by atoms with Crippen molar-refractivity contribution in [3.63, 3.8) is 0 Å². The average molecular weight is 261 g/mol. The molecule has 2 N–H and O–H groups in total. The van der Waals surface area contributed by atoms with Gasteiger partial charge >= 0.3 is 5.97 Å². The quantitative estimate of drug-likeness (QED) is 0.884. The molecule has 1 aliphatic rings. The van der Waals surface area contributed by atoms with Crippen molar-refractivity contribution in [2.75, 3.05) is 5.32 Å². The fraction of sp³-hybridized carbons (Fsp3) is 0.308. The molecule has 0 radical (unpaired) electrons. The van der Waals surface area contributed by atoms with Gasteiger partial charge in [-0.1, -0.05) is 0 Å². The van der Waals surface area contributed by atoms with Crippen LogP contribution in [0.1, 0.15) is 12.8 Å². The second-order valence-electron chi connectivity index (χ2n) is 4.74. The predicted molar refractivity (Wildman–Crippen MR) is 67.3 cm³/mol. The molecule has 98 valence electrons. The molecule has 1 aliphatic carbocycles. The van der Waals surface area contributed by atoms with E-state index in [0.717, 1.165) is 5.39 Å². The molecule has 0 aliphatic heterocycles. The van der Waals surface area contributed by atoms with Crippen LogP contribution in [0.3, 0.4) is 0 Å². The molecule has 6 heteroatoms. The summed E-state index contributed by atoms with van der Waals surface area (Å²) in [5, 5.41) is 12.6. The normalized spacial score (nSPS) is 21.9. The van der Waals surface area contributed by atoms with Gasteiger partial charge in [0.15, 0.2) is 0 Å². The largest absolute Gasteiger partial charge is 0.481 e. The van der Waals surface area contributed by atoms with Crippen LogP contribution >= 0.6 is 0 Å². The van der Waals surface area contributed by atoms with Crippen molar-refractivity contribution in [1.29, 1.82) is 0 Å². The summed E-state index contributed by atoms with van der Waals surface area (Å²) in [7, 11) is 0. The summed E-state index contributed by atoms with van der Waals surface area (Å²) < 4.78 is 13.1. The molecule has 1 heterocycles. The number of hydrogen-bond acceptors (Lipinski definition) is 4. The van der Waals surface area contributed by atoms with Crippen molar-refractivity contribution in [2.24, 2.45) is 5.92 Å². The minimum absolute atomic E-state index is 0.0760. The molecule has 1 aromatic carbocycles. The zero-order valence-corrected chi connectivity index (χ0v) is 10.0. The number of nitrogens with one attached hydrogen (secondary N) is 1. The Labute approximate surface area is 108 Å². The summed E-state index contributed by atoms with van der Waals surface area (Å²) in [5.41, 5.74) is 0.534. The molecular formula is C13H12FN3O2. The van der Waals surface area contributed by atoms with Gasteiger partial charge in [-0.2, -0.15) is 0 Å². The Hall–Kier alpha value is -2.24. The zero-order valence-electron chi connectivity index (χ0n) is 10.0. The Morgan fingerprint density at radius 3 is 2.95 bits per heavy atom. The standard InChI is InChI=1S/C13H12FN3O2/c14-9-2-1-7-6-15-13(17-11(7)5-9)16-10-3-8(4-10)12(18)19/h1-2,5-6,8,10H,3-4H2,(H,18,19)(H,15,16,17). The summed E-state index contributed by atoms with van der Waals surface area (Å²) in [4.78, 5) is 19.0. The van der Waals surface area contributed by atoms with E-state index < -0.39 is 5.97 Å². The molecule has 0 amide bonds. The minimum atomic E-state index is -0.764. The molecule has 5 nitrogen and oxygen atoms in total. The number of nitrogens with zero attached hydrogens (tertiary/aromatic N) is 2. The molecule has 0 saturated heterocycles. The van der Waals surface area contributed by atoms with Gasteiger partial charge in [0.25, 0.3) is 0 Å². The van der Waals surface area contributed by atoms with E-state index in [-0.39, 0.29) is 17.8 Å². The predicted octanol–water partition coefficient (Wildman–Crippen LogP) is 2.04. The van der Waals surface area contributed by atoms with Gasteiger partial charge in [-0.05, 0) is 25.0 Å². The van der Waals surface area contributed by atoms with E-state index in [2.05, 4.69) is 15.3 Å². The van der Waals surface area contributed by atoms with Crippen LogP contribution in [0, 0.1) is 11.7 Å². The topological polar surface area (TPSA) is 75.1 Å². The minimum Gasteiger partial charge on any atom is -0.481 e. The van der Waals surface area contributed by atoms with Crippen LogP contribution in [-0.2, 0) is 4.79 Å². The van der Waals surface area contributed by atoms with Crippen LogP contribution in [0.5, 0.6) is 0 Å². The Kier molecular flexibility index (Phi) is 2.77. The molecule has 0 atom stereocenters. The highest BCUT2D eigenvalue weighted by Crippen LogP contribution is 2.29. The van der Waals surface area contributed by atoms with E-state index in [4.69, 9.17) is 5.11 Å². The molecular weight excluding hydrogens is 249 g/mol.